The molecule has 0 aliphatic carbocycles. The molecule has 1 aromatic heterocycles. The van der Waals surface area contributed by atoms with Crippen LogP contribution in [0.1, 0.15) is 16.9 Å². The molecule has 1 aliphatic heterocycles. The third kappa shape index (κ3) is 2.21. The number of carboxylic acids is 1. The minimum absolute atomic E-state index is 0.597. The average molecular weight is 292 g/mol. The molecule has 4 nitrogen and oxygen atoms in total. The van der Waals surface area contributed by atoms with Crippen molar-refractivity contribution >= 4 is 34.6 Å². The molecule has 0 unspecified atom stereocenters. The second-order valence-electron chi connectivity index (χ2n) is 5.00. The van der Waals surface area contributed by atoms with E-state index in [9.17, 15) is 4.79 Å². The van der Waals surface area contributed by atoms with Crippen molar-refractivity contribution in [3.63, 3.8) is 0 Å². The van der Waals surface area contributed by atoms with E-state index in [1.807, 2.05) is 19.2 Å². The van der Waals surface area contributed by atoms with Gasteiger partial charge in [0.05, 0.1) is 0 Å². The van der Waals surface area contributed by atoms with E-state index < -0.39 is 5.97 Å². The van der Waals surface area contributed by atoms with Gasteiger partial charge in [0.2, 0.25) is 0 Å². The topological polar surface area (TPSA) is 53.7 Å². The standard InChI is InChI=1S/C15H14ClNO3/c1-17-7-6-9-11(16)2-3-13-15(9)10(8-17)12(20-13)4-5-14(18)19/h2-5H,6-8H2,1H3,(H,18,19)/b5-4+. The molecule has 0 radical (unpaired) electrons. The monoisotopic (exact) mass is 291 g/mol. The first-order chi connectivity index (χ1) is 9.56. The second kappa shape index (κ2) is 4.96. The highest BCUT2D eigenvalue weighted by Crippen LogP contribution is 2.36. The van der Waals surface area contributed by atoms with Gasteiger partial charge in [0.1, 0.15) is 11.3 Å². The summed E-state index contributed by atoms with van der Waals surface area (Å²) < 4.78 is 5.78. The highest BCUT2D eigenvalue weighted by molar-refractivity contribution is 6.32. The number of hydrogen-bond donors (Lipinski definition) is 1. The Labute approximate surface area is 121 Å². The lowest BCUT2D eigenvalue weighted by molar-refractivity contribution is -0.131. The molecule has 0 amide bonds. The van der Waals surface area contributed by atoms with E-state index in [1.165, 1.54) is 6.08 Å². The van der Waals surface area contributed by atoms with Crippen molar-refractivity contribution in [2.75, 3.05) is 13.6 Å². The number of hydrogen-bond acceptors (Lipinski definition) is 3. The van der Waals surface area contributed by atoms with Gasteiger partial charge in [-0.15, -0.1) is 0 Å². The van der Waals surface area contributed by atoms with Crippen LogP contribution in [0.4, 0.5) is 0 Å². The summed E-state index contributed by atoms with van der Waals surface area (Å²) in [6.45, 7) is 1.63. The molecule has 3 rings (SSSR count). The van der Waals surface area contributed by atoms with E-state index >= 15 is 0 Å². The van der Waals surface area contributed by atoms with Gasteiger partial charge < -0.3 is 14.4 Å². The van der Waals surface area contributed by atoms with E-state index in [4.69, 9.17) is 21.1 Å². The molecule has 0 bridgehead atoms. The van der Waals surface area contributed by atoms with Crippen LogP contribution in [0.3, 0.4) is 0 Å². The van der Waals surface area contributed by atoms with Crippen LogP contribution in [-0.2, 0) is 17.8 Å². The van der Waals surface area contributed by atoms with Crippen molar-refractivity contribution < 1.29 is 14.3 Å². The second-order valence-corrected chi connectivity index (χ2v) is 5.41. The molecule has 1 aliphatic rings. The Hall–Kier alpha value is -1.78. The Kier molecular flexibility index (Phi) is 3.28. The number of carbonyl (C=O) groups is 1. The number of carboxylic acid groups (broad SMARTS) is 1. The zero-order valence-corrected chi connectivity index (χ0v) is 11.8. The van der Waals surface area contributed by atoms with E-state index in [0.717, 1.165) is 52.7 Å². The van der Waals surface area contributed by atoms with E-state index in [-0.39, 0.29) is 0 Å². The largest absolute Gasteiger partial charge is 0.478 e. The normalized spacial score (nSPS) is 15.9. The molecule has 20 heavy (non-hydrogen) atoms. The fraction of sp³-hybridized carbons (Fsp3) is 0.267. The van der Waals surface area contributed by atoms with Gasteiger partial charge >= 0.3 is 5.97 Å². The van der Waals surface area contributed by atoms with Crippen LogP contribution < -0.4 is 0 Å². The fourth-order valence-corrected chi connectivity index (χ4v) is 2.91. The molecule has 0 saturated carbocycles. The molecule has 2 aromatic rings. The third-order valence-corrected chi connectivity index (χ3v) is 3.94. The summed E-state index contributed by atoms with van der Waals surface area (Å²) in [6, 6.07) is 3.68. The molecule has 0 fully saturated rings. The highest BCUT2D eigenvalue weighted by Gasteiger charge is 2.22. The summed E-state index contributed by atoms with van der Waals surface area (Å²) in [4.78, 5) is 12.9. The number of benzene rings is 1. The lowest BCUT2D eigenvalue weighted by atomic mass is 10.0. The Balaban J connectivity index is 2.25. The zero-order valence-electron chi connectivity index (χ0n) is 11.0. The van der Waals surface area contributed by atoms with Gasteiger partial charge in [0, 0.05) is 35.1 Å². The van der Waals surface area contributed by atoms with Crippen molar-refractivity contribution in [2.45, 2.75) is 13.0 Å². The molecule has 0 saturated heterocycles. The summed E-state index contributed by atoms with van der Waals surface area (Å²) in [5, 5.41) is 10.5. The molecule has 0 spiro atoms. The summed E-state index contributed by atoms with van der Waals surface area (Å²) in [5.74, 6) is -0.391. The van der Waals surface area contributed by atoms with E-state index in [0.29, 0.717) is 5.76 Å². The van der Waals surface area contributed by atoms with Gasteiger partial charge in [-0.3, -0.25) is 0 Å². The van der Waals surface area contributed by atoms with Crippen molar-refractivity contribution in [3.8, 4) is 0 Å². The fourth-order valence-electron chi connectivity index (χ4n) is 2.65. The molecule has 1 N–H and O–H groups in total. The van der Waals surface area contributed by atoms with Crippen molar-refractivity contribution in [2.24, 2.45) is 0 Å². The van der Waals surface area contributed by atoms with Crippen LogP contribution in [0.2, 0.25) is 5.02 Å². The maximum Gasteiger partial charge on any atom is 0.328 e. The van der Waals surface area contributed by atoms with Crippen LogP contribution in [0.5, 0.6) is 0 Å². The van der Waals surface area contributed by atoms with Gasteiger partial charge in [0.25, 0.3) is 0 Å². The van der Waals surface area contributed by atoms with Gasteiger partial charge in [-0.1, -0.05) is 11.6 Å². The molecule has 1 aromatic carbocycles. The van der Waals surface area contributed by atoms with Gasteiger partial charge in [0.15, 0.2) is 0 Å². The Morgan fingerprint density at radius 1 is 1.45 bits per heavy atom. The summed E-state index contributed by atoms with van der Waals surface area (Å²) >= 11 is 6.29. The molecule has 0 atom stereocenters. The number of halogens is 1. The lowest BCUT2D eigenvalue weighted by Gasteiger charge is -2.12. The van der Waals surface area contributed by atoms with Crippen LogP contribution in [0, 0.1) is 0 Å². The third-order valence-electron chi connectivity index (χ3n) is 3.59. The first-order valence-electron chi connectivity index (χ1n) is 6.38. The van der Waals surface area contributed by atoms with Crippen LogP contribution in [0.15, 0.2) is 22.6 Å². The van der Waals surface area contributed by atoms with Gasteiger partial charge in [-0.2, -0.15) is 0 Å². The minimum Gasteiger partial charge on any atom is -0.478 e. The minimum atomic E-state index is -0.988. The predicted molar refractivity (Wildman–Crippen MR) is 77.9 cm³/mol. The van der Waals surface area contributed by atoms with E-state index in [1.54, 1.807) is 0 Å². The molecular weight excluding hydrogens is 278 g/mol. The van der Waals surface area contributed by atoms with Gasteiger partial charge in [-0.05, 0) is 37.2 Å². The van der Waals surface area contributed by atoms with Crippen molar-refractivity contribution in [1.82, 2.24) is 4.90 Å². The first kappa shape index (κ1) is 13.2. The maximum absolute atomic E-state index is 10.7. The Morgan fingerprint density at radius 3 is 3.00 bits per heavy atom. The number of furan rings is 1. The molecular formula is C15H14ClNO3. The predicted octanol–water partition coefficient (Wildman–Crippen LogP) is 3.17. The van der Waals surface area contributed by atoms with Crippen LogP contribution in [-0.4, -0.2) is 29.6 Å². The smallest absolute Gasteiger partial charge is 0.328 e. The first-order valence-corrected chi connectivity index (χ1v) is 6.76. The number of aliphatic carboxylic acids is 1. The van der Waals surface area contributed by atoms with Crippen LogP contribution in [0.25, 0.3) is 17.0 Å². The summed E-state index contributed by atoms with van der Waals surface area (Å²) in [7, 11) is 2.03. The number of likely N-dealkylation sites (N-methyl/N-ethyl adjacent to an activating group) is 1. The van der Waals surface area contributed by atoms with Crippen LogP contribution >= 0.6 is 11.6 Å². The molecule has 5 heteroatoms. The lowest BCUT2D eigenvalue weighted by Crippen LogP contribution is -2.18. The van der Waals surface area contributed by atoms with Crippen molar-refractivity contribution in [1.29, 1.82) is 0 Å². The molecule has 104 valence electrons. The van der Waals surface area contributed by atoms with E-state index in [2.05, 4.69) is 4.90 Å². The molecule has 2 heterocycles. The number of nitrogens with zero attached hydrogens (tertiary/aromatic N) is 1. The Bertz CT molecular complexity index is 717. The zero-order chi connectivity index (χ0) is 14.3. The van der Waals surface area contributed by atoms with Crippen molar-refractivity contribution in [3.05, 3.63) is 40.1 Å². The average Bonchev–Trinajstić information content (AvgIpc) is 2.62. The Morgan fingerprint density at radius 2 is 2.25 bits per heavy atom. The SMILES string of the molecule is CN1CCc2c(Cl)ccc3oc(/C=C/C(=O)O)c(c23)C1. The summed E-state index contributed by atoms with van der Waals surface area (Å²) in [5.41, 5.74) is 2.86. The highest BCUT2D eigenvalue weighted by atomic mass is 35.5. The van der Waals surface area contributed by atoms with Gasteiger partial charge in [-0.25, -0.2) is 4.79 Å². The number of rotatable bonds is 2. The maximum atomic E-state index is 10.7. The quantitative estimate of drug-likeness (QED) is 0.864. The summed E-state index contributed by atoms with van der Waals surface area (Å²) in [6.07, 6.45) is 3.47.